The summed E-state index contributed by atoms with van der Waals surface area (Å²) in [6.45, 7) is 3.64. The van der Waals surface area contributed by atoms with Gasteiger partial charge in [-0.05, 0) is 24.9 Å². The highest BCUT2D eigenvalue weighted by Crippen LogP contribution is 2.09. The van der Waals surface area contributed by atoms with Gasteiger partial charge in [-0.25, -0.2) is 0 Å². The molecule has 0 aliphatic rings. The second-order valence-electron chi connectivity index (χ2n) is 3.02. The predicted molar refractivity (Wildman–Crippen MR) is 63.0 cm³/mol. The molecule has 15 heavy (non-hydrogen) atoms. The monoisotopic (exact) mass is 244 g/mol. The van der Waals surface area contributed by atoms with Crippen LogP contribution in [-0.4, -0.2) is 26.5 Å². The van der Waals surface area contributed by atoms with Crippen LogP contribution in [0.1, 0.15) is 28.7 Å². The normalized spacial score (nSPS) is 12.1. The number of thiocarbonyl (C=S) groups is 1. The number of amides is 1. The van der Waals surface area contributed by atoms with Crippen LogP contribution in [0.15, 0.2) is 0 Å². The van der Waals surface area contributed by atoms with E-state index in [4.69, 9.17) is 18.0 Å². The minimum atomic E-state index is -0.269. The minimum Gasteiger partial charge on any atom is -0.392 e. The van der Waals surface area contributed by atoms with E-state index in [1.165, 1.54) is 0 Å². The Kier molecular flexibility index (Phi) is 4.10. The largest absolute Gasteiger partial charge is 0.392 e. The van der Waals surface area contributed by atoms with Gasteiger partial charge in [0.1, 0.15) is 4.88 Å². The van der Waals surface area contributed by atoms with Gasteiger partial charge in [-0.2, -0.15) is 0 Å². The van der Waals surface area contributed by atoms with Crippen molar-refractivity contribution in [2.75, 3.05) is 0 Å². The third-order valence-electron chi connectivity index (χ3n) is 1.91. The Morgan fingerprint density at radius 1 is 1.73 bits per heavy atom. The van der Waals surface area contributed by atoms with Gasteiger partial charge < -0.3 is 11.1 Å². The Bertz CT molecular complexity index is 376. The molecule has 0 fully saturated rings. The van der Waals surface area contributed by atoms with E-state index in [0.717, 1.165) is 11.5 Å². The Morgan fingerprint density at radius 3 is 2.80 bits per heavy atom. The number of hydrogen-bond acceptors (Lipinski definition) is 5. The van der Waals surface area contributed by atoms with E-state index in [0.29, 0.717) is 22.0 Å². The van der Waals surface area contributed by atoms with Crippen LogP contribution in [0.25, 0.3) is 0 Å². The molecule has 1 atom stereocenters. The molecule has 5 nitrogen and oxygen atoms in total. The van der Waals surface area contributed by atoms with Crippen molar-refractivity contribution in [2.45, 2.75) is 26.3 Å². The fourth-order valence-corrected chi connectivity index (χ4v) is 1.82. The molecule has 3 N–H and O–H groups in total. The number of aryl methyl sites for hydroxylation is 1. The van der Waals surface area contributed by atoms with Crippen LogP contribution >= 0.6 is 23.8 Å². The fourth-order valence-electron chi connectivity index (χ4n) is 1.04. The van der Waals surface area contributed by atoms with Crippen molar-refractivity contribution in [3.63, 3.8) is 0 Å². The average Bonchev–Trinajstić information content (AvgIpc) is 2.60. The molecule has 1 aromatic rings. The maximum atomic E-state index is 11.7. The van der Waals surface area contributed by atoms with E-state index in [1.54, 1.807) is 6.92 Å². The summed E-state index contributed by atoms with van der Waals surface area (Å²) in [5.74, 6) is -0.220. The van der Waals surface area contributed by atoms with E-state index in [1.807, 2.05) is 6.92 Å². The molecule has 7 heteroatoms. The van der Waals surface area contributed by atoms with Gasteiger partial charge in [-0.3, -0.25) is 4.79 Å². The standard InChI is InChI=1S/C8H12N4OS2/c1-3-5(7(9)14)10-8(13)6-4(2)11-12-15-6/h5H,3H2,1-2H3,(H2,9,14)(H,10,13). The van der Waals surface area contributed by atoms with Crippen molar-refractivity contribution >= 4 is 34.6 Å². The average molecular weight is 244 g/mol. The first-order valence-electron chi connectivity index (χ1n) is 4.45. The molecule has 0 saturated heterocycles. The number of nitrogens with zero attached hydrogens (tertiary/aromatic N) is 2. The van der Waals surface area contributed by atoms with Gasteiger partial charge in [-0.15, -0.1) is 5.10 Å². The van der Waals surface area contributed by atoms with Crippen molar-refractivity contribution < 1.29 is 4.79 Å². The first kappa shape index (κ1) is 12.0. The number of aromatic nitrogens is 2. The lowest BCUT2D eigenvalue weighted by atomic mass is 10.2. The second-order valence-corrected chi connectivity index (χ2v) is 4.25. The quantitative estimate of drug-likeness (QED) is 0.760. The van der Waals surface area contributed by atoms with Crippen LogP contribution in [0.5, 0.6) is 0 Å². The number of carbonyl (C=O) groups excluding carboxylic acids is 1. The van der Waals surface area contributed by atoms with Crippen LogP contribution in [0.2, 0.25) is 0 Å². The summed E-state index contributed by atoms with van der Waals surface area (Å²) in [5.41, 5.74) is 6.10. The smallest absolute Gasteiger partial charge is 0.265 e. The van der Waals surface area contributed by atoms with Crippen LogP contribution in [-0.2, 0) is 0 Å². The first-order valence-corrected chi connectivity index (χ1v) is 5.63. The Labute approximate surface area is 97.2 Å². The molecule has 0 aliphatic heterocycles. The highest BCUT2D eigenvalue weighted by Gasteiger charge is 2.17. The van der Waals surface area contributed by atoms with Gasteiger partial charge in [-0.1, -0.05) is 23.6 Å². The summed E-state index contributed by atoms with van der Waals surface area (Å²) in [4.78, 5) is 12.5. The molecule has 1 amide bonds. The van der Waals surface area contributed by atoms with Gasteiger partial charge >= 0.3 is 0 Å². The zero-order valence-corrected chi connectivity index (χ0v) is 10.1. The molecule has 1 rings (SSSR count). The number of hydrogen-bond donors (Lipinski definition) is 2. The Balaban J connectivity index is 2.71. The van der Waals surface area contributed by atoms with Crippen LogP contribution in [0, 0.1) is 6.92 Å². The van der Waals surface area contributed by atoms with Crippen molar-refractivity contribution in [3.8, 4) is 0 Å². The molecule has 0 aromatic carbocycles. The van der Waals surface area contributed by atoms with E-state index in [9.17, 15) is 4.79 Å². The van der Waals surface area contributed by atoms with Gasteiger partial charge in [0, 0.05) is 0 Å². The minimum absolute atomic E-state index is 0.220. The molecule has 1 unspecified atom stereocenters. The van der Waals surface area contributed by atoms with Crippen molar-refractivity contribution in [1.82, 2.24) is 14.9 Å². The fraction of sp³-hybridized carbons (Fsp3) is 0.500. The molecule has 0 bridgehead atoms. The number of rotatable bonds is 4. The molecule has 0 radical (unpaired) electrons. The van der Waals surface area contributed by atoms with E-state index in [-0.39, 0.29) is 11.9 Å². The maximum absolute atomic E-state index is 11.7. The molecule has 0 saturated carbocycles. The zero-order chi connectivity index (χ0) is 11.4. The molecule has 0 aliphatic carbocycles. The molecule has 0 spiro atoms. The summed E-state index contributed by atoms with van der Waals surface area (Å²) in [5, 5.41) is 6.49. The highest BCUT2D eigenvalue weighted by atomic mass is 32.1. The van der Waals surface area contributed by atoms with Crippen molar-refractivity contribution in [3.05, 3.63) is 10.6 Å². The third-order valence-corrected chi connectivity index (χ3v) is 3.03. The Morgan fingerprint density at radius 2 is 2.40 bits per heavy atom. The van der Waals surface area contributed by atoms with Gasteiger partial charge in [0.25, 0.3) is 5.91 Å². The highest BCUT2D eigenvalue weighted by molar-refractivity contribution is 7.80. The summed E-state index contributed by atoms with van der Waals surface area (Å²) in [6.07, 6.45) is 0.673. The third kappa shape index (κ3) is 2.93. The summed E-state index contributed by atoms with van der Waals surface area (Å²) < 4.78 is 3.69. The molecule has 1 aromatic heterocycles. The second kappa shape index (κ2) is 5.13. The molecular formula is C8H12N4OS2. The summed E-state index contributed by atoms with van der Waals surface area (Å²) in [6, 6.07) is -0.269. The van der Waals surface area contributed by atoms with Crippen LogP contribution in [0.3, 0.4) is 0 Å². The number of nitrogens with one attached hydrogen (secondary N) is 1. The Hall–Kier alpha value is -1.08. The maximum Gasteiger partial charge on any atom is 0.265 e. The van der Waals surface area contributed by atoms with E-state index >= 15 is 0 Å². The zero-order valence-electron chi connectivity index (χ0n) is 8.48. The van der Waals surface area contributed by atoms with Crippen LogP contribution < -0.4 is 11.1 Å². The molecular weight excluding hydrogens is 232 g/mol. The van der Waals surface area contributed by atoms with E-state index < -0.39 is 0 Å². The summed E-state index contributed by atoms with van der Waals surface area (Å²) in [7, 11) is 0. The number of carbonyl (C=O) groups is 1. The van der Waals surface area contributed by atoms with Crippen molar-refractivity contribution in [1.29, 1.82) is 0 Å². The lowest BCUT2D eigenvalue weighted by molar-refractivity contribution is 0.0949. The lowest BCUT2D eigenvalue weighted by Crippen LogP contribution is -2.42. The number of nitrogens with two attached hydrogens (primary N) is 1. The first-order chi connectivity index (χ1) is 7.06. The van der Waals surface area contributed by atoms with Gasteiger partial charge in [0.05, 0.1) is 16.7 Å². The molecule has 1 heterocycles. The van der Waals surface area contributed by atoms with Gasteiger partial charge in [0.15, 0.2) is 0 Å². The molecule has 82 valence electrons. The van der Waals surface area contributed by atoms with Gasteiger partial charge in [0.2, 0.25) is 0 Å². The van der Waals surface area contributed by atoms with E-state index in [2.05, 4.69) is 14.9 Å². The topological polar surface area (TPSA) is 80.9 Å². The van der Waals surface area contributed by atoms with Crippen molar-refractivity contribution in [2.24, 2.45) is 5.73 Å². The predicted octanol–water partition coefficient (Wildman–Crippen LogP) is 0.641. The summed E-state index contributed by atoms with van der Waals surface area (Å²) >= 11 is 5.90. The lowest BCUT2D eigenvalue weighted by Gasteiger charge is -2.14. The van der Waals surface area contributed by atoms with Crippen LogP contribution in [0.4, 0.5) is 0 Å². The SMILES string of the molecule is CCC(NC(=O)c1snnc1C)C(N)=S.